The highest BCUT2D eigenvalue weighted by Gasteiger charge is 2.43. The number of aromatic amines is 1. The summed E-state index contributed by atoms with van der Waals surface area (Å²) in [5.74, 6) is 1.80. The Bertz CT molecular complexity index is 853. The molecule has 2 aliphatic heterocycles. The number of likely N-dealkylation sites (tertiary alicyclic amines) is 1. The molecule has 5 rings (SSSR count). The van der Waals surface area contributed by atoms with Gasteiger partial charge in [-0.1, -0.05) is 12.1 Å². The van der Waals surface area contributed by atoms with Gasteiger partial charge in [0.25, 0.3) is 0 Å². The van der Waals surface area contributed by atoms with E-state index in [9.17, 15) is 0 Å². The molecule has 2 saturated heterocycles. The molecule has 2 fully saturated rings. The summed E-state index contributed by atoms with van der Waals surface area (Å²) >= 11 is 0. The van der Waals surface area contributed by atoms with E-state index in [1.54, 1.807) is 0 Å². The fourth-order valence-corrected chi connectivity index (χ4v) is 4.03. The van der Waals surface area contributed by atoms with E-state index in [0.29, 0.717) is 6.04 Å². The van der Waals surface area contributed by atoms with Crippen LogP contribution in [-0.2, 0) is 0 Å². The zero-order valence-corrected chi connectivity index (χ0v) is 13.1. The van der Waals surface area contributed by atoms with Crippen LogP contribution in [0.25, 0.3) is 22.2 Å². The fraction of sp³-hybridized carbons (Fsp3) is 0.333. The summed E-state index contributed by atoms with van der Waals surface area (Å²) in [5, 5.41) is 10.2. The van der Waals surface area contributed by atoms with Gasteiger partial charge >= 0.3 is 0 Å². The van der Waals surface area contributed by atoms with Gasteiger partial charge in [0.2, 0.25) is 0 Å². The van der Waals surface area contributed by atoms with E-state index in [2.05, 4.69) is 68.4 Å². The number of anilines is 1. The monoisotopic (exact) mass is 305 g/mol. The van der Waals surface area contributed by atoms with Crippen LogP contribution in [0.1, 0.15) is 0 Å². The molecule has 0 radical (unpaired) electrons. The highest BCUT2D eigenvalue weighted by molar-refractivity contribution is 5.94. The highest BCUT2D eigenvalue weighted by Crippen LogP contribution is 2.33. The normalized spacial score (nSPS) is 24.0. The molecule has 2 aromatic heterocycles. The summed E-state index contributed by atoms with van der Waals surface area (Å²) in [4.78, 5) is 8.04. The summed E-state index contributed by atoms with van der Waals surface area (Å²) in [6, 6.07) is 13.2. The summed E-state index contributed by atoms with van der Waals surface area (Å²) in [6.45, 7) is 3.39. The van der Waals surface area contributed by atoms with Gasteiger partial charge in [0.05, 0.1) is 5.69 Å². The fourth-order valence-electron chi connectivity index (χ4n) is 4.03. The minimum Gasteiger partial charge on any atom is -0.361 e. The van der Waals surface area contributed by atoms with Gasteiger partial charge in [-0.2, -0.15) is 0 Å². The summed E-state index contributed by atoms with van der Waals surface area (Å²) in [5.41, 5.74) is 3.19. The van der Waals surface area contributed by atoms with E-state index in [4.69, 9.17) is 0 Å². The third-order valence-corrected chi connectivity index (χ3v) is 5.34. The molecule has 4 heterocycles. The van der Waals surface area contributed by atoms with Gasteiger partial charge in [-0.3, -0.25) is 0 Å². The van der Waals surface area contributed by atoms with Crippen molar-refractivity contribution in [3.05, 3.63) is 42.6 Å². The number of hydrogen-bond acceptors (Lipinski definition) is 4. The third-order valence-electron chi connectivity index (χ3n) is 5.34. The molecule has 0 spiro atoms. The number of aromatic nitrogens is 3. The van der Waals surface area contributed by atoms with Gasteiger partial charge in [-0.05, 0) is 31.3 Å². The smallest absolute Gasteiger partial charge is 0.151 e. The van der Waals surface area contributed by atoms with Gasteiger partial charge in [-0.25, -0.2) is 0 Å². The van der Waals surface area contributed by atoms with Crippen molar-refractivity contribution in [1.82, 2.24) is 20.1 Å². The van der Waals surface area contributed by atoms with E-state index < -0.39 is 0 Å². The van der Waals surface area contributed by atoms with E-state index in [-0.39, 0.29) is 0 Å². The van der Waals surface area contributed by atoms with Crippen LogP contribution in [0.2, 0.25) is 0 Å². The summed E-state index contributed by atoms with van der Waals surface area (Å²) in [7, 11) is 2.21. The van der Waals surface area contributed by atoms with Gasteiger partial charge < -0.3 is 14.8 Å². The summed E-state index contributed by atoms with van der Waals surface area (Å²) in [6.07, 6.45) is 1.96. The van der Waals surface area contributed by atoms with Crippen molar-refractivity contribution in [2.75, 3.05) is 31.6 Å². The van der Waals surface area contributed by atoms with Gasteiger partial charge in [0.1, 0.15) is 0 Å². The maximum absolute atomic E-state index is 4.50. The number of H-pyrrole nitrogens is 1. The van der Waals surface area contributed by atoms with E-state index >= 15 is 0 Å². The second kappa shape index (κ2) is 4.80. The topological polar surface area (TPSA) is 48.0 Å². The zero-order chi connectivity index (χ0) is 15.4. The van der Waals surface area contributed by atoms with Crippen molar-refractivity contribution in [1.29, 1.82) is 0 Å². The molecule has 0 bridgehead atoms. The standard InChI is InChI=1S/C18H19N5/c1-22-9-12-10-23(11-17(12)22)18-6-5-16(20-21-18)13-3-2-4-15-14(13)7-8-19-15/h2-8,12,17,19H,9-11H2,1H3/t12-,17+/m0/s1. The number of likely N-dealkylation sites (N-methyl/N-ethyl adjacent to an activating group) is 1. The maximum atomic E-state index is 4.50. The molecule has 2 atom stereocenters. The second-order valence-electron chi connectivity index (χ2n) is 6.69. The first-order valence-electron chi connectivity index (χ1n) is 8.15. The van der Waals surface area contributed by atoms with Crippen molar-refractivity contribution < 1.29 is 0 Å². The van der Waals surface area contributed by atoms with Crippen LogP contribution < -0.4 is 4.90 Å². The molecule has 5 nitrogen and oxygen atoms in total. The lowest BCUT2D eigenvalue weighted by Gasteiger charge is -2.40. The van der Waals surface area contributed by atoms with Crippen LogP contribution in [0.3, 0.4) is 0 Å². The predicted molar refractivity (Wildman–Crippen MR) is 91.4 cm³/mol. The average Bonchev–Trinajstić information content (AvgIpc) is 3.18. The minimum atomic E-state index is 0.699. The number of nitrogens with one attached hydrogen (secondary N) is 1. The van der Waals surface area contributed by atoms with Crippen LogP contribution in [0.15, 0.2) is 42.6 Å². The molecule has 0 aliphatic carbocycles. The van der Waals surface area contributed by atoms with E-state index in [1.165, 1.54) is 11.9 Å². The Morgan fingerprint density at radius 1 is 1.04 bits per heavy atom. The Kier molecular flexibility index (Phi) is 2.73. The lowest BCUT2D eigenvalue weighted by molar-refractivity contribution is 0.0827. The SMILES string of the molecule is CN1C[C@H]2CN(c3ccc(-c4cccc5[nH]ccc45)nn3)C[C@H]21. The molecule has 5 heteroatoms. The molecule has 1 aromatic carbocycles. The molecule has 1 N–H and O–H groups in total. The maximum Gasteiger partial charge on any atom is 0.151 e. The van der Waals surface area contributed by atoms with Crippen molar-refractivity contribution in [3.63, 3.8) is 0 Å². The molecule has 3 aromatic rings. The van der Waals surface area contributed by atoms with Crippen LogP contribution >= 0.6 is 0 Å². The number of benzene rings is 1. The van der Waals surface area contributed by atoms with Crippen molar-refractivity contribution in [2.45, 2.75) is 6.04 Å². The Labute approximate surface area is 134 Å². The molecule has 2 aliphatic rings. The molecule has 0 unspecified atom stereocenters. The summed E-state index contributed by atoms with van der Waals surface area (Å²) < 4.78 is 0. The predicted octanol–water partition coefficient (Wildman–Crippen LogP) is 2.38. The van der Waals surface area contributed by atoms with Gasteiger partial charge in [0.15, 0.2) is 5.82 Å². The van der Waals surface area contributed by atoms with Gasteiger partial charge in [-0.15, -0.1) is 10.2 Å². The first-order chi connectivity index (χ1) is 11.3. The molecule has 116 valence electrons. The molecule has 23 heavy (non-hydrogen) atoms. The first-order valence-corrected chi connectivity index (χ1v) is 8.15. The number of fused-ring (bicyclic) bond motifs is 2. The van der Waals surface area contributed by atoms with Crippen molar-refractivity contribution in [2.24, 2.45) is 5.92 Å². The van der Waals surface area contributed by atoms with Crippen LogP contribution in [0.4, 0.5) is 5.82 Å². The molecular formula is C18H19N5. The van der Waals surface area contributed by atoms with E-state index in [0.717, 1.165) is 41.6 Å². The largest absolute Gasteiger partial charge is 0.361 e. The number of hydrogen-bond donors (Lipinski definition) is 1. The lowest BCUT2D eigenvalue weighted by atomic mass is 9.93. The first kappa shape index (κ1) is 13.1. The van der Waals surface area contributed by atoms with Crippen LogP contribution in [-0.4, -0.2) is 52.8 Å². The Hall–Kier alpha value is -2.40. The highest BCUT2D eigenvalue weighted by atomic mass is 15.3. The van der Waals surface area contributed by atoms with Crippen LogP contribution in [0.5, 0.6) is 0 Å². The zero-order valence-electron chi connectivity index (χ0n) is 13.1. The van der Waals surface area contributed by atoms with Gasteiger partial charge in [0, 0.05) is 54.3 Å². The Morgan fingerprint density at radius 2 is 2.00 bits per heavy atom. The lowest BCUT2D eigenvalue weighted by Crippen LogP contribution is -2.52. The van der Waals surface area contributed by atoms with Crippen LogP contribution in [0, 0.1) is 5.92 Å². The second-order valence-corrected chi connectivity index (χ2v) is 6.69. The number of rotatable bonds is 2. The molecule has 0 amide bonds. The average molecular weight is 305 g/mol. The molecular weight excluding hydrogens is 286 g/mol. The molecule has 0 saturated carbocycles. The quantitative estimate of drug-likeness (QED) is 0.790. The van der Waals surface area contributed by atoms with Crippen molar-refractivity contribution in [3.8, 4) is 11.3 Å². The third kappa shape index (κ3) is 1.96. The Balaban J connectivity index is 1.45. The van der Waals surface area contributed by atoms with E-state index in [1.807, 2.05) is 6.20 Å². The number of nitrogens with zero attached hydrogens (tertiary/aromatic N) is 4. The van der Waals surface area contributed by atoms with Crippen molar-refractivity contribution >= 4 is 16.7 Å². The minimum absolute atomic E-state index is 0.699. The Morgan fingerprint density at radius 3 is 2.78 bits per heavy atom.